The third-order valence-electron chi connectivity index (χ3n) is 10.7. The van der Waals surface area contributed by atoms with E-state index < -0.39 is 0 Å². The number of nitrogens with zero attached hydrogens (tertiary/aromatic N) is 5. The Morgan fingerprint density at radius 1 is 0.345 bits per heavy atom. The summed E-state index contributed by atoms with van der Waals surface area (Å²) in [6.45, 7) is 0. The highest BCUT2D eigenvalue weighted by Gasteiger charge is 2.24. The van der Waals surface area contributed by atoms with Crippen molar-refractivity contribution in [3.63, 3.8) is 0 Å². The predicted octanol–water partition coefficient (Wildman–Crippen LogP) is 13.6. The maximum absolute atomic E-state index is 5.40. The molecule has 0 radical (unpaired) electrons. The second-order valence-corrected chi connectivity index (χ2v) is 15.2. The lowest BCUT2D eigenvalue weighted by atomic mass is 9.96. The summed E-state index contributed by atoms with van der Waals surface area (Å²) < 4.78 is 4.57. The highest BCUT2D eigenvalue weighted by Crippen LogP contribution is 2.48. The standard InChI is InChI=1S/C52H33N5S/c1-5-16-34(17-6-1)35-28-30-38(31-29-35)50-54-49(37-20-9-3-10-21-37)55-51(56-50)43-25-15-24-41-42-33-32-40(36-18-7-2-8-19-36)46(48(42)58-47(41)43)52-53-44-26-13-14-27-45(44)57(52)39-22-11-4-12-23-39/h1-33H. The van der Waals surface area contributed by atoms with Crippen LogP contribution in [0.4, 0.5) is 0 Å². The molecule has 0 aliphatic rings. The molecular weight excluding hydrogens is 727 g/mol. The molecule has 0 N–H and O–H groups in total. The Kier molecular flexibility index (Phi) is 8.26. The normalized spacial score (nSPS) is 11.4. The second-order valence-electron chi connectivity index (χ2n) is 14.2. The lowest BCUT2D eigenvalue weighted by Crippen LogP contribution is -2.00. The maximum atomic E-state index is 5.40. The molecule has 3 heterocycles. The van der Waals surface area contributed by atoms with Gasteiger partial charge in [0, 0.05) is 48.1 Å². The van der Waals surface area contributed by atoms with Crippen molar-refractivity contribution in [2.75, 3.05) is 0 Å². The van der Waals surface area contributed by atoms with Gasteiger partial charge in [0.2, 0.25) is 0 Å². The summed E-state index contributed by atoms with van der Waals surface area (Å²) in [6, 6.07) is 69.6. The van der Waals surface area contributed by atoms with Crippen LogP contribution in [-0.2, 0) is 0 Å². The van der Waals surface area contributed by atoms with Crippen molar-refractivity contribution < 1.29 is 0 Å². The first-order chi connectivity index (χ1) is 28.8. The quantitative estimate of drug-likeness (QED) is 0.162. The summed E-state index contributed by atoms with van der Waals surface area (Å²) in [4.78, 5) is 20.9. The molecule has 0 unspecified atom stereocenters. The Bertz CT molecular complexity index is 3250. The van der Waals surface area contributed by atoms with Crippen LogP contribution in [-0.4, -0.2) is 24.5 Å². The molecule has 0 spiro atoms. The monoisotopic (exact) mass is 759 g/mol. The molecule has 11 aromatic rings. The molecule has 272 valence electrons. The van der Waals surface area contributed by atoms with E-state index in [9.17, 15) is 0 Å². The minimum absolute atomic E-state index is 0.630. The van der Waals surface area contributed by atoms with Crippen LogP contribution in [0.2, 0.25) is 0 Å². The van der Waals surface area contributed by atoms with Gasteiger partial charge in [0.05, 0.1) is 11.0 Å². The number of aromatic nitrogens is 5. The van der Waals surface area contributed by atoms with E-state index in [1.165, 1.54) is 5.56 Å². The van der Waals surface area contributed by atoms with E-state index >= 15 is 0 Å². The molecule has 0 aliphatic heterocycles. The number of imidazole rings is 1. The van der Waals surface area contributed by atoms with Crippen LogP contribution in [0.3, 0.4) is 0 Å². The zero-order valence-corrected chi connectivity index (χ0v) is 32.0. The van der Waals surface area contributed by atoms with Crippen LogP contribution in [0.15, 0.2) is 200 Å². The van der Waals surface area contributed by atoms with Gasteiger partial charge in [-0.3, -0.25) is 4.57 Å². The van der Waals surface area contributed by atoms with E-state index in [1.807, 2.05) is 24.3 Å². The Morgan fingerprint density at radius 3 is 1.59 bits per heavy atom. The van der Waals surface area contributed by atoms with Crippen LogP contribution in [0, 0.1) is 0 Å². The van der Waals surface area contributed by atoms with E-state index in [0.717, 1.165) is 81.7 Å². The lowest BCUT2D eigenvalue weighted by Gasteiger charge is -2.14. The van der Waals surface area contributed by atoms with Gasteiger partial charge in [-0.2, -0.15) is 0 Å². The van der Waals surface area contributed by atoms with Crippen LogP contribution in [0.1, 0.15) is 0 Å². The molecule has 11 rings (SSSR count). The topological polar surface area (TPSA) is 56.5 Å². The fraction of sp³-hybridized carbons (Fsp3) is 0. The number of benzene rings is 8. The molecule has 6 heteroatoms. The van der Waals surface area contributed by atoms with E-state index in [4.69, 9.17) is 19.9 Å². The fourth-order valence-electron chi connectivity index (χ4n) is 7.93. The zero-order chi connectivity index (χ0) is 38.4. The Morgan fingerprint density at radius 2 is 0.879 bits per heavy atom. The molecular formula is C52H33N5S. The average molecular weight is 760 g/mol. The smallest absolute Gasteiger partial charge is 0.165 e. The highest BCUT2D eigenvalue weighted by atomic mass is 32.1. The third-order valence-corrected chi connectivity index (χ3v) is 12.0. The summed E-state index contributed by atoms with van der Waals surface area (Å²) in [5, 5.41) is 2.31. The molecule has 8 aromatic carbocycles. The first kappa shape index (κ1) is 33.8. The summed E-state index contributed by atoms with van der Waals surface area (Å²) in [5.41, 5.74) is 11.6. The molecule has 0 atom stereocenters. The lowest BCUT2D eigenvalue weighted by molar-refractivity contribution is 1.08. The van der Waals surface area contributed by atoms with E-state index in [-0.39, 0.29) is 0 Å². The van der Waals surface area contributed by atoms with Gasteiger partial charge in [-0.1, -0.05) is 170 Å². The predicted molar refractivity (Wildman–Crippen MR) is 240 cm³/mol. The van der Waals surface area contributed by atoms with Gasteiger partial charge in [0.15, 0.2) is 17.5 Å². The highest BCUT2D eigenvalue weighted by molar-refractivity contribution is 7.27. The molecule has 0 amide bonds. The first-order valence-electron chi connectivity index (χ1n) is 19.3. The van der Waals surface area contributed by atoms with E-state index in [2.05, 4.69) is 180 Å². The summed E-state index contributed by atoms with van der Waals surface area (Å²) in [6.07, 6.45) is 0. The van der Waals surface area contributed by atoms with Gasteiger partial charge < -0.3 is 0 Å². The summed E-state index contributed by atoms with van der Waals surface area (Å²) in [7, 11) is 0. The van der Waals surface area contributed by atoms with Gasteiger partial charge in [-0.25, -0.2) is 19.9 Å². The number of hydrogen-bond donors (Lipinski definition) is 0. The van der Waals surface area contributed by atoms with Crippen molar-refractivity contribution in [1.82, 2.24) is 24.5 Å². The second kappa shape index (κ2) is 14.2. The van der Waals surface area contributed by atoms with Crippen molar-refractivity contribution in [2.45, 2.75) is 0 Å². The molecule has 0 saturated heterocycles. The molecule has 0 fully saturated rings. The van der Waals surface area contributed by atoms with Crippen LogP contribution in [0.25, 0.3) is 105 Å². The minimum Gasteiger partial charge on any atom is -0.292 e. The molecule has 58 heavy (non-hydrogen) atoms. The largest absolute Gasteiger partial charge is 0.292 e. The van der Waals surface area contributed by atoms with E-state index in [1.54, 1.807) is 11.3 Å². The van der Waals surface area contributed by atoms with Crippen LogP contribution in [0.5, 0.6) is 0 Å². The van der Waals surface area contributed by atoms with Crippen LogP contribution < -0.4 is 0 Å². The minimum atomic E-state index is 0.630. The first-order valence-corrected chi connectivity index (χ1v) is 20.1. The Balaban J connectivity index is 1.16. The van der Waals surface area contributed by atoms with Gasteiger partial charge in [0.25, 0.3) is 0 Å². The molecule has 0 saturated carbocycles. The maximum Gasteiger partial charge on any atom is 0.165 e. The zero-order valence-electron chi connectivity index (χ0n) is 31.2. The van der Waals surface area contributed by atoms with Crippen molar-refractivity contribution in [1.29, 1.82) is 0 Å². The molecule has 0 aliphatic carbocycles. The van der Waals surface area contributed by atoms with Gasteiger partial charge in [-0.05, 0) is 52.6 Å². The molecule has 5 nitrogen and oxygen atoms in total. The Hall–Kier alpha value is -7.54. The SMILES string of the molecule is c1ccc(-c2ccc(-c3nc(-c4ccccc4)nc(-c4cccc5c4sc4c(-c6nc7ccccc7n6-c6ccccc6)c(-c6ccccc6)ccc45)n3)cc2)cc1. The summed E-state index contributed by atoms with van der Waals surface area (Å²) in [5.74, 6) is 2.80. The van der Waals surface area contributed by atoms with Gasteiger partial charge >= 0.3 is 0 Å². The summed E-state index contributed by atoms with van der Waals surface area (Å²) >= 11 is 1.78. The van der Waals surface area contributed by atoms with Crippen molar-refractivity contribution in [2.24, 2.45) is 0 Å². The number of rotatable bonds is 7. The number of para-hydroxylation sites is 3. The third kappa shape index (κ3) is 5.86. The number of hydrogen-bond acceptors (Lipinski definition) is 5. The van der Waals surface area contributed by atoms with Gasteiger partial charge in [-0.15, -0.1) is 11.3 Å². The number of thiophene rings is 1. The molecule has 3 aromatic heterocycles. The van der Waals surface area contributed by atoms with E-state index in [0.29, 0.717) is 17.5 Å². The fourth-order valence-corrected chi connectivity index (χ4v) is 9.29. The van der Waals surface area contributed by atoms with Crippen molar-refractivity contribution in [3.05, 3.63) is 200 Å². The van der Waals surface area contributed by atoms with Crippen LogP contribution >= 0.6 is 11.3 Å². The van der Waals surface area contributed by atoms with Crippen molar-refractivity contribution >= 4 is 42.5 Å². The Labute approximate surface area is 339 Å². The van der Waals surface area contributed by atoms with Crippen molar-refractivity contribution in [3.8, 4) is 73.5 Å². The molecule has 0 bridgehead atoms. The number of fused-ring (bicyclic) bond motifs is 4. The van der Waals surface area contributed by atoms with Gasteiger partial charge in [0.1, 0.15) is 5.82 Å². The average Bonchev–Trinajstić information content (AvgIpc) is 3.89.